The highest BCUT2D eigenvalue weighted by Gasteiger charge is 2.30. The molecule has 1 fully saturated rings. The van der Waals surface area contributed by atoms with Crippen LogP contribution in [-0.2, 0) is 16.1 Å². The van der Waals surface area contributed by atoms with Crippen molar-refractivity contribution in [3.8, 4) is 11.5 Å². The molecule has 1 aliphatic heterocycles. The normalized spacial score (nSPS) is 15.3. The third-order valence-electron chi connectivity index (χ3n) is 5.44. The van der Waals surface area contributed by atoms with Crippen LogP contribution in [0.25, 0.3) is 6.08 Å². The lowest BCUT2D eigenvalue weighted by Gasteiger charge is -2.15. The number of methoxy groups -OCH3 is 1. The van der Waals surface area contributed by atoms with Crippen molar-refractivity contribution in [1.82, 2.24) is 4.90 Å². The fraction of sp³-hybridized carbons (Fsp3) is 0.179. The standard InChI is InChI=1S/C28H24BrFN2O5S/c1-4-36-23-14-18(13-22(29)25(23)37-16-17-5-9-20(30)10-6-17)15-24-26(33)32(2)28(38-24)31-21-11-7-19(8-12-21)27(34)35-3/h5-15H,4,16H2,1-3H3/b24-15-,31-28?. The average molecular weight is 599 g/mol. The number of nitrogens with zero attached hydrogens (tertiary/aromatic N) is 2. The molecule has 38 heavy (non-hydrogen) atoms. The fourth-order valence-electron chi connectivity index (χ4n) is 3.51. The number of amides is 1. The lowest BCUT2D eigenvalue weighted by Crippen LogP contribution is -2.23. The van der Waals surface area contributed by atoms with Gasteiger partial charge in [0.15, 0.2) is 16.7 Å². The van der Waals surface area contributed by atoms with Crippen LogP contribution in [0, 0.1) is 5.82 Å². The van der Waals surface area contributed by atoms with Crippen molar-refractivity contribution in [3.63, 3.8) is 0 Å². The van der Waals surface area contributed by atoms with E-state index in [-0.39, 0.29) is 18.3 Å². The van der Waals surface area contributed by atoms with Crippen molar-refractivity contribution < 1.29 is 28.2 Å². The third-order valence-corrected chi connectivity index (χ3v) is 7.09. The average Bonchev–Trinajstić information content (AvgIpc) is 3.17. The molecule has 0 aromatic heterocycles. The van der Waals surface area contributed by atoms with Gasteiger partial charge < -0.3 is 14.2 Å². The van der Waals surface area contributed by atoms with Gasteiger partial charge in [-0.3, -0.25) is 9.69 Å². The van der Waals surface area contributed by atoms with Crippen LogP contribution in [0.5, 0.6) is 11.5 Å². The summed E-state index contributed by atoms with van der Waals surface area (Å²) in [6, 6.07) is 16.4. The van der Waals surface area contributed by atoms with E-state index in [9.17, 15) is 14.0 Å². The summed E-state index contributed by atoms with van der Waals surface area (Å²) in [6.07, 6.45) is 1.77. The van der Waals surface area contributed by atoms with Gasteiger partial charge in [0, 0.05) is 7.05 Å². The monoisotopic (exact) mass is 598 g/mol. The van der Waals surface area contributed by atoms with Crippen molar-refractivity contribution in [2.24, 2.45) is 4.99 Å². The highest BCUT2D eigenvalue weighted by atomic mass is 79.9. The second-order valence-corrected chi connectivity index (χ2v) is 9.95. The molecule has 0 spiro atoms. The van der Waals surface area contributed by atoms with E-state index < -0.39 is 5.97 Å². The van der Waals surface area contributed by atoms with E-state index in [1.165, 1.54) is 35.9 Å². The molecule has 0 bridgehead atoms. The maximum atomic E-state index is 13.2. The van der Waals surface area contributed by atoms with Crippen LogP contribution < -0.4 is 9.47 Å². The summed E-state index contributed by atoms with van der Waals surface area (Å²) in [7, 11) is 2.98. The maximum absolute atomic E-state index is 13.2. The lowest BCUT2D eigenvalue weighted by molar-refractivity contribution is -0.121. The van der Waals surface area contributed by atoms with Gasteiger partial charge in [0.2, 0.25) is 0 Å². The summed E-state index contributed by atoms with van der Waals surface area (Å²) in [5, 5.41) is 0.510. The topological polar surface area (TPSA) is 77.4 Å². The third kappa shape index (κ3) is 6.43. The zero-order valence-corrected chi connectivity index (χ0v) is 23.3. The Morgan fingerprint density at radius 3 is 2.47 bits per heavy atom. The molecule has 0 unspecified atom stereocenters. The predicted octanol–water partition coefficient (Wildman–Crippen LogP) is 6.59. The first-order valence-corrected chi connectivity index (χ1v) is 13.2. The molecule has 1 saturated heterocycles. The fourth-order valence-corrected chi connectivity index (χ4v) is 5.07. The van der Waals surface area contributed by atoms with Gasteiger partial charge in [-0.15, -0.1) is 0 Å². The largest absolute Gasteiger partial charge is 0.490 e. The number of carbonyl (C=O) groups excluding carboxylic acids is 2. The SMILES string of the molecule is CCOc1cc(/C=C2\SC(=Nc3ccc(C(=O)OC)cc3)N(C)C2=O)cc(Br)c1OCc1ccc(F)cc1. The Balaban J connectivity index is 1.55. The molecule has 4 rings (SSSR count). The number of esters is 1. The quantitative estimate of drug-likeness (QED) is 0.215. The summed E-state index contributed by atoms with van der Waals surface area (Å²) in [6.45, 7) is 2.52. The Morgan fingerprint density at radius 2 is 1.82 bits per heavy atom. The lowest BCUT2D eigenvalue weighted by atomic mass is 10.1. The molecule has 10 heteroatoms. The Hall–Kier alpha value is -3.63. The van der Waals surface area contributed by atoms with Gasteiger partial charge in [0.1, 0.15) is 12.4 Å². The molecule has 0 saturated carbocycles. The number of hydrogen-bond acceptors (Lipinski definition) is 7. The molecule has 0 atom stereocenters. The highest BCUT2D eigenvalue weighted by molar-refractivity contribution is 9.10. The number of aliphatic imine (C=N–C) groups is 1. The zero-order chi connectivity index (χ0) is 27.2. The van der Waals surface area contributed by atoms with Crippen LogP contribution in [0.1, 0.15) is 28.4 Å². The summed E-state index contributed by atoms with van der Waals surface area (Å²) < 4.78 is 30.4. The van der Waals surface area contributed by atoms with Gasteiger partial charge in [-0.1, -0.05) is 12.1 Å². The van der Waals surface area contributed by atoms with Crippen LogP contribution in [0.3, 0.4) is 0 Å². The number of ether oxygens (including phenoxy) is 3. The van der Waals surface area contributed by atoms with Crippen molar-refractivity contribution in [3.05, 3.63) is 92.5 Å². The van der Waals surface area contributed by atoms with Crippen LogP contribution in [0.15, 0.2) is 75.0 Å². The van der Waals surface area contributed by atoms with Crippen molar-refractivity contribution in [2.45, 2.75) is 13.5 Å². The van der Waals surface area contributed by atoms with E-state index in [0.717, 1.165) is 11.1 Å². The van der Waals surface area contributed by atoms with E-state index in [0.29, 0.717) is 43.9 Å². The molecule has 7 nitrogen and oxygen atoms in total. The second kappa shape index (κ2) is 12.3. The van der Waals surface area contributed by atoms with Gasteiger partial charge in [0.25, 0.3) is 5.91 Å². The van der Waals surface area contributed by atoms with E-state index in [1.807, 2.05) is 13.0 Å². The molecule has 1 aliphatic rings. The minimum Gasteiger partial charge on any atom is -0.490 e. The molecule has 3 aromatic carbocycles. The summed E-state index contributed by atoms with van der Waals surface area (Å²) >= 11 is 4.80. The Morgan fingerprint density at radius 1 is 1.11 bits per heavy atom. The first-order valence-electron chi connectivity index (χ1n) is 11.6. The maximum Gasteiger partial charge on any atom is 0.337 e. The molecule has 1 heterocycles. The van der Waals surface area contributed by atoms with Gasteiger partial charge in [-0.05, 0) is 100 Å². The number of likely N-dealkylation sites (N-methyl/N-ethyl adjacent to an activating group) is 1. The second-order valence-electron chi connectivity index (χ2n) is 8.09. The number of benzene rings is 3. The van der Waals surface area contributed by atoms with Crippen molar-refractivity contribution in [1.29, 1.82) is 0 Å². The first-order chi connectivity index (χ1) is 18.3. The Bertz CT molecular complexity index is 1410. The first kappa shape index (κ1) is 27.4. The van der Waals surface area contributed by atoms with E-state index in [1.54, 1.807) is 55.6 Å². The van der Waals surface area contributed by atoms with Crippen LogP contribution >= 0.6 is 27.7 Å². The van der Waals surface area contributed by atoms with E-state index in [2.05, 4.69) is 20.9 Å². The smallest absolute Gasteiger partial charge is 0.337 e. The molecule has 196 valence electrons. The molecular weight excluding hydrogens is 575 g/mol. The summed E-state index contributed by atoms with van der Waals surface area (Å²) in [4.78, 5) is 31.1. The Labute approximate surface area is 232 Å². The minimum atomic E-state index is -0.429. The van der Waals surface area contributed by atoms with Crippen molar-refractivity contribution in [2.75, 3.05) is 20.8 Å². The number of rotatable bonds is 8. The number of thioether (sulfide) groups is 1. The molecule has 0 radical (unpaired) electrons. The Kier molecular flexibility index (Phi) is 8.85. The number of amidine groups is 1. The number of hydrogen-bond donors (Lipinski definition) is 0. The zero-order valence-electron chi connectivity index (χ0n) is 20.9. The molecule has 1 amide bonds. The predicted molar refractivity (Wildman–Crippen MR) is 149 cm³/mol. The van der Waals surface area contributed by atoms with Crippen molar-refractivity contribution >= 4 is 56.5 Å². The van der Waals surface area contributed by atoms with Gasteiger partial charge in [-0.25, -0.2) is 14.2 Å². The summed E-state index contributed by atoms with van der Waals surface area (Å²) in [5.74, 6) is 0.0989. The van der Waals surface area contributed by atoms with Gasteiger partial charge in [-0.2, -0.15) is 0 Å². The van der Waals surface area contributed by atoms with Gasteiger partial charge in [0.05, 0.1) is 34.3 Å². The van der Waals surface area contributed by atoms with Crippen LogP contribution in [0.4, 0.5) is 10.1 Å². The number of halogens is 2. The van der Waals surface area contributed by atoms with Crippen LogP contribution in [0.2, 0.25) is 0 Å². The highest BCUT2D eigenvalue weighted by Crippen LogP contribution is 2.40. The summed E-state index contributed by atoms with van der Waals surface area (Å²) in [5.41, 5.74) is 2.57. The van der Waals surface area contributed by atoms with Gasteiger partial charge >= 0.3 is 5.97 Å². The van der Waals surface area contributed by atoms with E-state index >= 15 is 0 Å². The molecule has 3 aromatic rings. The number of carbonyl (C=O) groups is 2. The minimum absolute atomic E-state index is 0.189. The molecular formula is C28H24BrFN2O5S. The van der Waals surface area contributed by atoms with E-state index in [4.69, 9.17) is 14.2 Å². The molecule has 0 N–H and O–H groups in total. The van der Waals surface area contributed by atoms with Crippen LogP contribution in [-0.4, -0.2) is 42.7 Å². The molecule has 0 aliphatic carbocycles.